The van der Waals surface area contributed by atoms with Gasteiger partial charge < -0.3 is 9.47 Å². The third-order valence-corrected chi connectivity index (χ3v) is 1.43. The summed E-state index contributed by atoms with van der Waals surface area (Å²) in [5, 5.41) is 10.3. The van der Waals surface area contributed by atoms with Crippen LogP contribution in [0, 0.1) is 10.1 Å². The van der Waals surface area contributed by atoms with E-state index in [-0.39, 0.29) is 13.2 Å². The summed E-state index contributed by atoms with van der Waals surface area (Å²) in [5.74, 6) is 0. The Balaban J connectivity index is 3.72. The van der Waals surface area contributed by atoms with Crippen LogP contribution in [0.5, 0.6) is 0 Å². The molecule has 76 valence electrons. The molecule has 13 heavy (non-hydrogen) atoms. The van der Waals surface area contributed by atoms with Gasteiger partial charge in [0.15, 0.2) is 6.61 Å². The Morgan fingerprint density at radius 1 is 1.46 bits per heavy atom. The van der Waals surface area contributed by atoms with Crippen LogP contribution in [0.4, 0.5) is 4.79 Å². The molecule has 0 aliphatic heterocycles. The number of rotatable bonds is 5. The lowest BCUT2D eigenvalue weighted by atomic mass is 10.2. The fourth-order valence-corrected chi connectivity index (χ4v) is 0.652. The smallest absolute Gasteiger partial charge is 0.435 e. The molecule has 0 rings (SSSR count). The number of ether oxygens (including phenoxy) is 2. The molecule has 6 heteroatoms. The van der Waals surface area contributed by atoms with E-state index in [0.29, 0.717) is 6.42 Å². The molecule has 0 radical (unpaired) electrons. The molecule has 1 unspecified atom stereocenters. The zero-order valence-electron chi connectivity index (χ0n) is 7.69. The summed E-state index contributed by atoms with van der Waals surface area (Å²) in [4.78, 5) is 20.4. The highest BCUT2D eigenvalue weighted by molar-refractivity contribution is 5.59. The minimum absolute atomic E-state index is 0.202. The van der Waals surface area contributed by atoms with E-state index in [2.05, 4.69) is 9.47 Å². The standard InChI is InChI=1S/C7H13NO5/c1-3-6(8(10)11)5-13-7(9)12-4-2/h6H,3-5H2,1-2H3. The molecular weight excluding hydrogens is 178 g/mol. The predicted molar refractivity (Wildman–Crippen MR) is 44.0 cm³/mol. The van der Waals surface area contributed by atoms with Crippen molar-refractivity contribution < 1.29 is 19.2 Å². The number of nitro groups is 1. The quantitative estimate of drug-likeness (QED) is 0.371. The summed E-state index contributed by atoms with van der Waals surface area (Å²) < 4.78 is 8.93. The Labute approximate surface area is 76.0 Å². The first-order valence-corrected chi connectivity index (χ1v) is 4.04. The van der Waals surface area contributed by atoms with Gasteiger partial charge in [0.05, 0.1) is 6.61 Å². The molecule has 0 saturated carbocycles. The van der Waals surface area contributed by atoms with E-state index in [9.17, 15) is 14.9 Å². The van der Waals surface area contributed by atoms with Gasteiger partial charge in [0.1, 0.15) is 0 Å². The molecule has 6 nitrogen and oxygen atoms in total. The lowest BCUT2D eigenvalue weighted by molar-refractivity contribution is -0.525. The van der Waals surface area contributed by atoms with Crippen molar-refractivity contribution in [2.75, 3.05) is 13.2 Å². The maximum Gasteiger partial charge on any atom is 0.508 e. The third kappa shape index (κ3) is 5.00. The Kier molecular flexibility index (Phi) is 5.58. The topological polar surface area (TPSA) is 78.7 Å². The van der Waals surface area contributed by atoms with E-state index >= 15 is 0 Å². The summed E-state index contributed by atoms with van der Waals surface area (Å²) in [6.45, 7) is 3.25. The zero-order valence-corrected chi connectivity index (χ0v) is 7.69. The van der Waals surface area contributed by atoms with Gasteiger partial charge in [0, 0.05) is 11.3 Å². The lowest BCUT2D eigenvalue weighted by Crippen LogP contribution is -2.26. The van der Waals surface area contributed by atoms with Gasteiger partial charge in [-0.15, -0.1) is 0 Å². The van der Waals surface area contributed by atoms with Crippen LogP contribution in [-0.4, -0.2) is 30.3 Å². The molecular formula is C7H13NO5. The third-order valence-electron chi connectivity index (χ3n) is 1.43. The number of hydrogen-bond donors (Lipinski definition) is 0. The van der Waals surface area contributed by atoms with Crippen molar-refractivity contribution >= 4 is 6.16 Å². The monoisotopic (exact) mass is 191 g/mol. The average molecular weight is 191 g/mol. The van der Waals surface area contributed by atoms with Crippen LogP contribution in [0.25, 0.3) is 0 Å². The Morgan fingerprint density at radius 3 is 2.46 bits per heavy atom. The highest BCUT2D eigenvalue weighted by Gasteiger charge is 2.19. The second-order valence-electron chi connectivity index (χ2n) is 2.34. The van der Waals surface area contributed by atoms with Crippen LogP contribution in [0.15, 0.2) is 0 Å². The number of hydrogen-bond acceptors (Lipinski definition) is 5. The second-order valence-corrected chi connectivity index (χ2v) is 2.34. The van der Waals surface area contributed by atoms with E-state index in [1.807, 2.05) is 0 Å². The summed E-state index contributed by atoms with van der Waals surface area (Å²) in [5.41, 5.74) is 0. The first-order valence-electron chi connectivity index (χ1n) is 4.04. The molecule has 0 spiro atoms. The summed E-state index contributed by atoms with van der Waals surface area (Å²) >= 11 is 0. The number of nitrogens with zero attached hydrogens (tertiary/aromatic N) is 1. The summed E-state index contributed by atoms with van der Waals surface area (Å²) in [6, 6.07) is -0.843. The fraction of sp³-hybridized carbons (Fsp3) is 0.857. The zero-order chi connectivity index (χ0) is 10.3. The first-order chi connectivity index (χ1) is 6.11. The molecule has 0 heterocycles. The molecule has 0 aromatic heterocycles. The molecule has 0 aromatic carbocycles. The van der Waals surface area contributed by atoms with Gasteiger partial charge in [-0.2, -0.15) is 0 Å². The molecule has 0 fully saturated rings. The van der Waals surface area contributed by atoms with Gasteiger partial charge in [0.2, 0.25) is 6.04 Å². The second kappa shape index (κ2) is 6.22. The van der Waals surface area contributed by atoms with Crippen LogP contribution < -0.4 is 0 Å². The average Bonchev–Trinajstić information content (AvgIpc) is 2.05. The Hall–Kier alpha value is -1.33. The van der Waals surface area contributed by atoms with Crippen LogP contribution >= 0.6 is 0 Å². The van der Waals surface area contributed by atoms with E-state index in [4.69, 9.17) is 0 Å². The van der Waals surface area contributed by atoms with Gasteiger partial charge in [0.25, 0.3) is 0 Å². The maximum absolute atomic E-state index is 10.6. The highest BCUT2D eigenvalue weighted by atomic mass is 16.7. The summed E-state index contributed by atoms with van der Waals surface area (Å²) in [7, 11) is 0. The molecule has 0 saturated heterocycles. The van der Waals surface area contributed by atoms with E-state index < -0.39 is 17.1 Å². The minimum atomic E-state index is -0.859. The highest BCUT2D eigenvalue weighted by Crippen LogP contribution is 1.98. The van der Waals surface area contributed by atoms with Gasteiger partial charge >= 0.3 is 6.16 Å². The van der Waals surface area contributed by atoms with E-state index in [1.54, 1.807) is 13.8 Å². The summed E-state index contributed by atoms with van der Waals surface area (Å²) in [6.07, 6.45) is -0.533. The van der Waals surface area contributed by atoms with Crippen LogP contribution in [0.3, 0.4) is 0 Å². The van der Waals surface area contributed by atoms with Gasteiger partial charge in [-0.1, -0.05) is 6.92 Å². The predicted octanol–water partition coefficient (Wildman–Crippen LogP) is 1.21. The first kappa shape index (κ1) is 11.7. The van der Waals surface area contributed by atoms with Crippen molar-refractivity contribution in [3.63, 3.8) is 0 Å². The molecule has 0 aliphatic rings. The molecule has 1 atom stereocenters. The van der Waals surface area contributed by atoms with Crippen molar-refractivity contribution in [2.45, 2.75) is 26.3 Å². The molecule has 0 aromatic rings. The van der Waals surface area contributed by atoms with Gasteiger partial charge in [-0.05, 0) is 6.92 Å². The lowest BCUT2D eigenvalue weighted by Gasteiger charge is -2.07. The van der Waals surface area contributed by atoms with Crippen LogP contribution in [-0.2, 0) is 9.47 Å². The molecule has 0 N–H and O–H groups in total. The van der Waals surface area contributed by atoms with E-state index in [0.717, 1.165) is 0 Å². The normalized spacial score (nSPS) is 11.8. The van der Waals surface area contributed by atoms with E-state index in [1.165, 1.54) is 0 Å². The largest absolute Gasteiger partial charge is 0.508 e. The molecule has 0 amide bonds. The SMILES string of the molecule is CCOC(=O)OCC(CC)[N+](=O)[O-]. The fourth-order valence-electron chi connectivity index (χ4n) is 0.652. The van der Waals surface area contributed by atoms with Gasteiger partial charge in [-0.25, -0.2) is 4.79 Å². The van der Waals surface area contributed by atoms with Crippen molar-refractivity contribution in [1.82, 2.24) is 0 Å². The van der Waals surface area contributed by atoms with Crippen LogP contribution in [0.1, 0.15) is 20.3 Å². The van der Waals surface area contributed by atoms with Crippen LogP contribution in [0.2, 0.25) is 0 Å². The Morgan fingerprint density at radius 2 is 2.08 bits per heavy atom. The Bertz CT molecular complexity index is 182. The number of carbonyl (C=O) groups is 1. The molecule has 0 bridgehead atoms. The maximum atomic E-state index is 10.6. The van der Waals surface area contributed by atoms with Gasteiger partial charge in [-0.3, -0.25) is 10.1 Å². The minimum Gasteiger partial charge on any atom is -0.435 e. The van der Waals surface area contributed by atoms with Crippen molar-refractivity contribution in [3.05, 3.63) is 10.1 Å². The van der Waals surface area contributed by atoms with Crippen molar-refractivity contribution in [3.8, 4) is 0 Å². The van der Waals surface area contributed by atoms with Crippen molar-refractivity contribution in [1.29, 1.82) is 0 Å². The molecule has 0 aliphatic carbocycles. The van der Waals surface area contributed by atoms with Crippen molar-refractivity contribution in [2.24, 2.45) is 0 Å². The number of carbonyl (C=O) groups excluding carboxylic acids is 1.